The zero-order chi connectivity index (χ0) is 10.8. The Bertz CT molecular complexity index is 496. The molecule has 2 aromatic heterocycles. The van der Waals surface area contributed by atoms with Crippen LogP contribution in [0.5, 0.6) is 0 Å². The highest BCUT2D eigenvalue weighted by atomic mass is 19.1. The molecule has 0 aromatic carbocycles. The molecular weight excluding hydrogens is 201 g/mol. The van der Waals surface area contributed by atoms with E-state index in [0.717, 1.165) is 12.3 Å². The summed E-state index contributed by atoms with van der Waals surface area (Å²) in [5.74, 6) is -1.77. The van der Waals surface area contributed by atoms with Crippen LogP contribution < -0.4 is 0 Å². The molecule has 0 saturated carbocycles. The molecule has 0 aliphatic heterocycles. The van der Waals surface area contributed by atoms with Gasteiger partial charge < -0.3 is 5.11 Å². The topological polar surface area (TPSA) is 68.0 Å². The second-order valence-electron chi connectivity index (χ2n) is 2.80. The molecular formula is C9H6FN3O2. The van der Waals surface area contributed by atoms with E-state index in [1.54, 1.807) is 0 Å². The molecule has 0 spiro atoms. The van der Waals surface area contributed by atoms with Gasteiger partial charge in [-0.05, 0) is 6.07 Å². The maximum absolute atomic E-state index is 12.8. The Morgan fingerprint density at radius 2 is 2.33 bits per heavy atom. The third-order valence-corrected chi connectivity index (χ3v) is 1.81. The zero-order valence-electron chi connectivity index (χ0n) is 7.46. The quantitative estimate of drug-likeness (QED) is 0.800. The van der Waals surface area contributed by atoms with Crippen LogP contribution in [0.15, 0.2) is 31.0 Å². The van der Waals surface area contributed by atoms with Crippen LogP contribution in [0, 0.1) is 5.82 Å². The van der Waals surface area contributed by atoms with Crippen LogP contribution in [-0.2, 0) is 0 Å². The summed E-state index contributed by atoms with van der Waals surface area (Å²) < 4.78 is 14.2. The summed E-state index contributed by atoms with van der Waals surface area (Å²) in [5, 5.41) is 8.85. The number of hydrogen-bond acceptors (Lipinski definition) is 3. The van der Waals surface area contributed by atoms with Crippen molar-refractivity contribution in [2.24, 2.45) is 0 Å². The van der Waals surface area contributed by atoms with Crippen LogP contribution in [0.3, 0.4) is 0 Å². The first-order valence-electron chi connectivity index (χ1n) is 4.05. The normalized spacial score (nSPS) is 10.2. The molecule has 76 valence electrons. The van der Waals surface area contributed by atoms with Crippen LogP contribution in [0.25, 0.3) is 5.82 Å². The minimum atomic E-state index is -1.23. The number of halogens is 1. The van der Waals surface area contributed by atoms with Gasteiger partial charge in [0, 0.05) is 12.4 Å². The van der Waals surface area contributed by atoms with E-state index in [0.29, 0.717) is 0 Å². The lowest BCUT2D eigenvalue weighted by atomic mass is 10.2. The van der Waals surface area contributed by atoms with E-state index in [1.807, 2.05) is 0 Å². The average molecular weight is 207 g/mol. The van der Waals surface area contributed by atoms with Crippen molar-refractivity contribution in [3.8, 4) is 5.82 Å². The fourth-order valence-electron chi connectivity index (χ4n) is 1.18. The van der Waals surface area contributed by atoms with Gasteiger partial charge in [0.25, 0.3) is 0 Å². The van der Waals surface area contributed by atoms with E-state index in [4.69, 9.17) is 5.11 Å². The van der Waals surface area contributed by atoms with Crippen molar-refractivity contribution in [1.82, 2.24) is 14.5 Å². The van der Waals surface area contributed by atoms with E-state index in [2.05, 4.69) is 9.97 Å². The molecule has 0 radical (unpaired) electrons. The number of hydrogen-bond donors (Lipinski definition) is 1. The third-order valence-electron chi connectivity index (χ3n) is 1.81. The number of aromatic nitrogens is 3. The molecule has 0 amide bonds. The fourth-order valence-corrected chi connectivity index (χ4v) is 1.18. The highest BCUT2D eigenvalue weighted by molar-refractivity contribution is 5.91. The maximum Gasteiger partial charge on any atom is 0.339 e. The molecule has 2 heterocycles. The van der Waals surface area contributed by atoms with Gasteiger partial charge in [0.1, 0.15) is 17.7 Å². The van der Waals surface area contributed by atoms with Crippen LogP contribution in [0.2, 0.25) is 0 Å². The van der Waals surface area contributed by atoms with Gasteiger partial charge in [0.15, 0.2) is 5.82 Å². The lowest BCUT2D eigenvalue weighted by Gasteiger charge is -2.04. The number of imidazole rings is 1. The molecule has 5 nitrogen and oxygen atoms in total. The predicted molar refractivity (Wildman–Crippen MR) is 48.3 cm³/mol. The number of carboxylic acid groups (broad SMARTS) is 1. The van der Waals surface area contributed by atoms with Gasteiger partial charge in [-0.25, -0.2) is 19.2 Å². The summed E-state index contributed by atoms with van der Waals surface area (Å²) in [5.41, 5.74) is -0.201. The summed E-state index contributed by atoms with van der Waals surface area (Å²) in [6.07, 6.45) is 5.37. The Balaban J connectivity index is 2.61. The Kier molecular flexibility index (Phi) is 2.17. The molecule has 6 heteroatoms. The first-order chi connectivity index (χ1) is 7.18. The highest BCUT2D eigenvalue weighted by Crippen LogP contribution is 2.12. The van der Waals surface area contributed by atoms with Crippen molar-refractivity contribution in [2.45, 2.75) is 0 Å². The molecule has 0 aliphatic rings. The molecule has 0 saturated heterocycles. The first-order valence-corrected chi connectivity index (χ1v) is 4.05. The van der Waals surface area contributed by atoms with Crippen molar-refractivity contribution in [3.05, 3.63) is 42.4 Å². The second-order valence-corrected chi connectivity index (χ2v) is 2.80. The van der Waals surface area contributed by atoms with Crippen molar-refractivity contribution < 1.29 is 14.3 Å². The van der Waals surface area contributed by atoms with Crippen molar-refractivity contribution >= 4 is 5.97 Å². The van der Waals surface area contributed by atoms with Crippen LogP contribution in [0.1, 0.15) is 10.4 Å². The largest absolute Gasteiger partial charge is 0.478 e. The predicted octanol–water partition coefficient (Wildman–Crippen LogP) is 1.10. The number of pyridine rings is 1. The summed E-state index contributed by atoms with van der Waals surface area (Å²) in [6, 6.07) is 0.921. The van der Waals surface area contributed by atoms with E-state index in [9.17, 15) is 9.18 Å². The molecule has 0 bridgehead atoms. The molecule has 0 fully saturated rings. The Morgan fingerprint density at radius 3 is 2.93 bits per heavy atom. The van der Waals surface area contributed by atoms with E-state index >= 15 is 0 Å². The second kappa shape index (κ2) is 3.49. The van der Waals surface area contributed by atoms with Gasteiger partial charge in [0.05, 0.1) is 6.20 Å². The molecule has 2 rings (SSSR count). The minimum Gasteiger partial charge on any atom is -0.478 e. The monoisotopic (exact) mass is 207 g/mol. The molecule has 0 unspecified atom stereocenters. The fraction of sp³-hybridized carbons (Fsp3) is 0. The average Bonchev–Trinajstić information content (AvgIpc) is 2.70. The number of rotatable bonds is 2. The number of carbonyl (C=O) groups is 1. The van der Waals surface area contributed by atoms with E-state index < -0.39 is 11.8 Å². The lowest BCUT2D eigenvalue weighted by molar-refractivity contribution is 0.0696. The molecule has 2 aromatic rings. The van der Waals surface area contributed by atoms with Crippen molar-refractivity contribution in [3.63, 3.8) is 0 Å². The maximum atomic E-state index is 12.8. The zero-order valence-corrected chi connectivity index (χ0v) is 7.46. The standard InChI is InChI=1S/C9H6FN3O2/c10-6-3-7(9(14)15)8(12-4-6)13-2-1-11-5-13/h1-5H,(H,14,15). The van der Waals surface area contributed by atoms with E-state index in [-0.39, 0.29) is 11.4 Å². The van der Waals surface area contributed by atoms with Crippen LogP contribution >= 0.6 is 0 Å². The summed E-state index contributed by atoms with van der Waals surface area (Å²) in [7, 11) is 0. The highest BCUT2D eigenvalue weighted by Gasteiger charge is 2.13. The van der Waals surface area contributed by atoms with Crippen LogP contribution in [0.4, 0.5) is 4.39 Å². The molecule has 0 aliphatic carbocycles. The van der Waals surface area contributed by atoms with Gasteiger partial charge in [0.2, 0.25) is 0 Å². The van der Waals surface area contributed by atoms with Crippen LogP contribution in [-0.4, -0.2) is 25.6 Å². The van der Waals surface area contributed by atoms with Gasteiger partial charge in [-0.3, -0.25) is 4.57 Å². The van der Waals surface area contributed by atoms with E-state index in [1.165, 1.54) is 23.3 Å². The Labute approximate surface area is 83.8 Å². The SMILES string of the molecule is O=C(O)c1cc(F)cnc1-n1ccnc1. The molecule has 1 N–H and O–H groups in total. The number of aromatic carboxylic acids is 1. The third kappa shape index (κ3) is 1.69. The molecule has 15 heavy (non-hydrogen) atoms. The minimum absolute atomic E-state index is 0.140. The smallest absolute Gasteiger partial charge is 0.339 e. The number of nitrogens with zero attached hydrogens (tertiary/aromatic N) is 3. The summed E-state index contributed by atoms with van der Waals surface area (Å²) in [4.78, 5) is 18.3. The number of carboxylic acids is 1. The van der Waals surface area contributed by atoms with Gasteiger partial charge in [-0.15, -0.1) is 0 Å². The van der Waals surface area contributed by atoms with Crippen molar-refractivity contribution in [1.29, 1.82) is 0 Å². The molecule has 0 atom stereocenters. The van der Waals surface area contributed by atoms with Gasteiger partial charge in [-0.1, -0.05) is 0 Å². The Morgan fingerprint density at radius 1 is 1.53 bits per heavy atom. The van der Waals surface area contributed by atoms with Crippen molar-refractivity contribution in [2.75, 3.05) is 0 Å². The first kappa shape index (κ1) is 9.32. The van der Waals surface area contributed by atoms with Gasteiger partial charge in [-0.2, -0.15) is 0 Å². The summed E-state index contributed by atoms with van der Waals surface area (Å²) in [6.45, 7) is 0. The lowest BCUT2D eigenvalue weighted by Crippen LogP contribution is -2.07. The summed E-state index contributed by atoms with van der Waals surface area (Å²) >= 11 is 0. The Hall–Kier alpha value is -2.24. The van der Waals surface area contributed by atoms with Gasteiger partial charge >= 0.3 is 5.97 Å².